The summed E-state index contributed by atoms with van der Waals surface area (Å²) in [5, 5.41) is 13.7. The van der Waals surface area contributed by atoms with Crippen molar-refractivity contribution in [1.29, 1.82) is 0 Å². The third-order valence-electron chi connectivity index (χ3n) is 2.09. The van der Waals surface area contributed by atoms with Crippen molar-refractivity contribution in [3.05, 3.63) is 0 Å². The lowest BCUT2D eigenvalue weighted by Crippen LogP contribution is -2.40. The number of hydrogen-bond donors (Lipinski definition) is 3. The number of carbonyl (C=O) groups is 2. The molecule has 0 aromatic carbocycles. The van der Waals surface area contributed by atoms with E-state index in [4.69, 9.17) is 5.11 Å². The van der Waals surface area contributed by atoms with Gasteiger partial charge in [-0.25, -0.2) is 4.79 Å². The summed E-state index contributed by atoms with van der Waals surface area (Å²) in [5.41, 5.74) is 0. The summed E-state index contributed by atoms with van der Waals surface area (Å²) >= 11 is 0. The van der Waals surface area contributed by atoms with Crippen LogP contribution < -0.4 is 10.6 Å². The van der Waals surface area contributed by atoms with Crippen molar-refractivity contribution in [1.82, 2.24) is 10.6 Å². The number of nitrogens with one attached hydrogen (secondary N) is 2. The molecule has 1 aliphatic rings. The van der Waals surface area contributed by atoms with Gasteiger partial charge in [-0.15, -0.1) is 0 Å². The van der Waals surface area contributed by atoms with Gasteiger partial charge in [-0.2, -0.15) is 0 Å². The van der Waals surface area contributed by atoms with Gasteiger partial charge in [0.1, 0.15) is 6.04 Å². The predicted octanol–water partition coefficient (Wildman–Crippen LogP) is -0.789. The first-order chi connectivity index (χ1) is 5.52. The van der Waals surface area contributed by atoms with E-state index in [1.807, 2.05) is 0 Å². The molecule has 1 fully saturated rings. The topological polar surface area (TPSA) is 78.4 Å². The molecule has 0 aromatic rings. The summed E-state index contributed by atoms with van der Waals surface area (Å²) < 4.78 is 0. The van der Waals surface area contributed by atoms with Crippen LogP contribution in [0.1, 0.15) is 13.8 Å². The van der Waals surface area contributed by atoms with Gasteiger partial charge in [0.05, 0.1) is 6.10 Å². The van der Waals surface area contributed by atoms with Crippen LogP contribution in [0.4, 0.5) is 4.79 Å². The molecule has 3 atom stereocenters. The largest absolute Gasteiger partial charge is 0.393 e. The second-order valence-electron chi connectivity index (χ2n) is 3.04. The fourth-order valence-corrected chi connectivity index (χ4v) is 1.08. The monoisotopic (exact) mass is 172 g/mol. The third-order valence-corrected chi connectivity index (χ3v) is 2.09. The fourth-order valence-electron chi connectivity index (χ4n) is 1.08. The summed E-state index contributed by atoms with van der Waals surface area (Å²) in [6, 6.07) is -1.09. The van der Waals surface area contributed by atoms with Gasteiger partial charge in [0.25, 0.3) is 5.91 Å². The Balaban J connectivity index is 2.64. The molecule has 5 nitrogen and oxygen atoms in total. The van der Waals surface area contributed by atoms with Gasteiger partial charge in [0.2, 0.25) is 0 Å². The van der Waals surface area contributed by atoms with Crippen LogP contribution in [0.5, 0.6) is 0 Å². The molecule has 3 amide bonds. The lowest BCUT2D eigenvalue weighted by molar-refractivity contribution is -0.122. The lowest BCUT2D eigenvalue weighted by atomic mass is 9.97. The molecule has 0 bridgehead atoms. The standard InChI is InChI=1S/C7H12N2O3/c1-3(4(2)10)5-6(11)9-7(12)8-5/h3-5,10H,1-2H3,(H2,8,9,11,12)/t3-,4-,5+/m0/s1. The minimum Gasteiger partial charge on any atom is -0.393 e. The zero-order valence-corrected chi connectivity index (χ0v) is 7.00. The molecule has 1 rings (SSSR count). The zero-order valence-electron chi connectivity index (χ0n) is 7.00. The van der Waals surface area contributed by atoms with Crippen LogP contribution in [0.3, 0.4) is 0 Å². The second kappa shape index (κ2) is 3.10. The Kier molecular flexibility index (Phi) is 2.32. The average molecular weight is 172 g/mol. The highest BCUT2D eigenvalue weighted by Gasteiger charge is 2.35. The Hall–Kier alpha value is -1.10. The minimum absolute atomic E-state index is 0.267. The highest BCUT2D eigenvalue weighted by molar-refractivity contribution is 6.04. The maximum absolute atomic E-state index is 11.0. The number of hydrogen-bond acceptors (Lipinski definition) is 3. The fraction of sp³-hybridized carbons (Fsp3) is 0.714. The van der Waals surface area contributed by atoms with E-state index in [1.54, 1.807) is 13.8 Å². The van der Waals surface area contributed by atoms with Crippen molar-refractivity contribution in [3.8, 4) is 0 Å². The van der Waals surface area contributed by atoms with Crippen LogP contribution >= 0.6 is 0 Å². The molecule has 1 heterocycles. The van der Waals surface area contributed by atoms with Gasteiger partial charge < -0.3 is 10.4 Å². The molecular formula is C7H12N2O3. The van der Waals surface area contributed by atoms with Gasteiger partial charge in [-0.3, -0.25) is 10.1 Å². The number of aliphatic hydroxyl groups excluding tert-OH is 1. The van der Waals surface area contributed by atoms with Crippen molar-refractivity contribution in [2.24, 2.45) is 5.92 Å². The molecule has 0 unspecified atom stereocenters. The van der Waals surface area contributed by atoms with E-state index in [0.717, 1.165) is 0 Å². The summed E-state index contributed by atoms with van der Waals surface area (Å²) in [6.45, 7) is 3.29. The molecule has 0 radical (unpaired) electrons. The molecule has 5 heteroatoms. The summed E-state index contributed by atoms with van der Waals surface area (Å²) in [4.78, 5) is 21.7. The van der Waals surface area contributed by atoms with Crippen LogP contribution in [-0.4, -0.2) is 29.2 Å². The van der Waals surface area contributed by atoms with Crippen molar-refractivity contribution < 1.29 is 14.7 Å². The van der Waals surface area contributed by atoms with Crippen LogP contribution in [0.2, 0.25) is 0 Å². The number of urea groups is 1. The molecule has 68 valence electrons. The van der Waals surface area contributed by atoms with Crippen molar-refractivity contribution in [3.63, 3.8) is 0 Å². The van der Waals surface area contributed by atoms with E-state index >= 15 is 0 Å². The molecule has 3 N–H and O–H groups in total. The Morgan fingerprint density at radius 2 is 2.00 bits per heavy atom. The molecule has 0 spiro atoms. The number of rotatable bonds is 2. The smallest absolute Gasteiger partial charge is 0.322 e. The molecule has 0 aliphatic carbocycles. The Morgan fingerprint density at radius 1 is 1.42 bits per heavy atom. The third kappa shape index (κ3) is 1.55. The number of aliphatic hydroxyl groups is 1. The lowest BCUT2D eigenvalue weighted by Gasteiger charge is -2.18. The second-order valence-corrected chi connectivity index (χ2v) is 3.04. The van der Waals surface area contributed by atoms with E-state index in [1.165, 1.54) is 0 Å². The zero-order chi connectivity index (χ0) is 9.30. The maximum Gasteiger partial charge on any atom is 0.322 e. The minimum atomic E-state index is -0.612. The first-order valence-corrected chi connectivity index (χ1v) is 3.82. The molecule has 1 saturated heterocycles. The summed E-state index contributed by atoms with van der Waals surface area (Å²) in [6.07, 6.45) is -0.612. The maximum atomic E-state index is 11.0. The van der Waals surface area contributed by atoms with E-state index in [-0.39, 0.29) is 11.8 Å². The molecular weight excluding hydrogens is 160 g/mol. The highest BCUT2D eigenvalue weighted by Crippen LogP contribution is 2.11. The van der Waals surface area contributed by atoms with Crippen molar-refractivity contribution in [2.75, 3.05) is 0 Å². The summed E-state index contributed by atoms with van der Waals surface area (Å²) in [5.74, 6) is -0.634. The molecule has 1 aliphatic heterocycles. The number of carbonyl (C=O) groups excluding carboxylic acids is 2. The molecule has 0 saturated carbocycles. The van der Waals surface area contributed by atoms with Crippen molar-refractivity contribution >= 4 is 11.9 Å². The average Bonchev–Trinajstić information content (AvgIpc) is 2.28. The van der Waals surface area contributed by atoms with Crippen LogP contribution in [-0.2, 0) is 4.79 Å². The Bertz CT molecular complexity index is 215. The van der Waals surface area contributed by atoms with Crippen molar-refractivity contribution in [2.45, 2.75) is 26.0 Å². The Morgan fingerprint density at radius 3 is 2.33 bits per heavy atom. The van der Waals surface area contributed by atoms with E-state index in [9.17, 15) is 9.59 Å². The van der Waals surface area contributed by atoms with Gasteiger partial charge in [-0.05, 0) is 6.92 Å². The van der Waals surface area contributed by atoms with Crippen LogP contribution in [0.25, 0.3) is 0 Å². The quantitative estimate of drug-likeness (QED) is 0.478. The Labute approximate surface area is 70.1 Å². The summed E-state index contributed by atoms with van der Waals surface area (Å²) in [7, 11) is 0. The van der Waals surface area contributed by atoms with Crippen LogP contribution in [0, 0.1) is 5.92 Å². The van der Waals surface area contributed by atoms with E-state index < -0.39 is 18.2 Å². The van der Waals surface area contributed by atoms with Crippen LogP contribution in [0.15, 0.2) is 0 Å². The van der Waals surface area contributed by atoms with Gasteiger partial charge in [0.15, 0.2) is 0 Å². The van der Waals surface area contributed by atoms with E-state index in [2.05, 4.69) is 10.6 Å². The normalized spacial score (nSPS) is 27.8. The SMILES string of the molecule is C[C@@H]([C@H](C)O)[C@H]1NC(=O)NC1=O. The van der Waals surface area contributed by atoms with Gasteiger partial charge >= 0.3 is 6.03 Å². The highest BCUT2D eigenvalue weighted by atomic mass is 16.3. The first-order valence-electron chi connectivity index (χ1n) is 3.82. The number of amides is 3. The van der Waals surface area contributed by atoms with Gasteiger partial charge in [-0.1, -0.05) is 6.92 Å². The first kappa shape index (κ1) is 8.99. The van der Waals surface area contributed by atoms with E-state index in [0.29, 0.717) is 0 Å². The predicted molar refractivity (Wildman–Crippen MR) is 41.3 cm³/mol. The molecule has 0 aromatic heterocycles. The van der Waals surface area contributed by atoms with Gasteiger partial charge in [0, 0.05) is 5.92 Å². The molecule has 12 heavy (non-hydrogen) atoms. The number of imide groups is 1.